The van der Waals surface area contributed by atoms with E-state index in [0.29, 0.717) is 5.88 Å². The molecule has 0 aliphatic heterocycles. The quantitative estimate of drug-likeness (QED) is 0.658. The van der Waals surface area contributed by atoms with Crippen molar-refractivity contribution in [2.45, 2.75) is 0 Å². The van der Waals surface area contributed by atoms with Crippen LogP contribution in [0, 0.1) is 0 Å². The zero-order chi connectivity index (χ0) is 5.11. The topological polar surface area (TPSA) is 35.3 Å². The van der Waals surface area contributed by atoms with Crippen LogP contribution < -0.4 is 3.07 Å². The van der Waals surface area contributed by atoms with Crippen LogP contribution >= 0.6 is 23.0 Å². The summed E-state index contributed by atoms with van der Waals surface area (Å²) in [4.78, 5) is 0. The second-order valence-electron chi connectivity index (χ2n) is 0.915. The Kier molecular flexibility index (Phi) is 1.50. The molecule has 0 unspecified atom stereocenters. The lowest BCUT2D eigenvalue weighted by Gasteiger charge is -1.78. The lowest BCUT2D eigenvalue weighted by molar-refractivity contribution is 0.401. The molecule has 38 valence electrons. The minimum atomic E-state index is 0.501. The highest BCUT2D eigenvalue weighted by molar-refractivity contribution is 14.1. The lowest BCUT2D eigenvalue weighted by Crippen LogP contribution is -1.67. The van der Waals surface area contributed by atoms with Crippen molar-refractivity contribution in [1.29, 1.82) is 0 Å². The monoisotopic (exact) mass is 211 g/mol. The van der Waals surface area contributed by atoms with Gasteiger partial charge < -0.3 is 7.59 Å². The molecule has 3 nitrogen and oxygen atoms in total. The van der Waals surface area contributed by atoms with Gasteiger partial charge in [-0.15, -0.1) is 0 Å². The summed E-state index contributed by atoms with van der Waals surface area (Å²) in [7, 11) is 0. The summed E-state index contributed by atoms with van der Waals surface area (Å²) < 4.78 is 9.04. The van der Waals surface area contributed by atoms with E-state index in [2.05, 4.69) is 12.7 Å². The Bertz CT molecular complexity index is 127. The summed E-state index contributed by atoms with van der Waals surface area (Å²) in [5, 5.41) is 3.43. The van der Waals surface area contributed by atoms with E-state index in [9.17, 15) is 0 Å². The third kappa shape index (κ3) is 1.05. The maximum Gasteiger partial charge on any atom is 0.264 e. The summed E-state index contributed by atoms with van der Waals surface area (Å²) in [5.74, 6) is 0.501. The molecular weight excluding hydrogens is 209 g/mol. The molecule has 0 saturated carbocycles. The van der Waals surface area contributed by atoms with Crippen molar-refractivity contribution in [2.75, 3.05) is 0 Å². The van der Waals surface area contributed by atoms with Crippen LogP contribution in [0.3, 0.4) is 0 Å². The Morgan fingerprint density at radius 2 is 2.71 bits per heavy atom. The molecule has 1 heterocycles. The predicted molar refractivity (Wildman–Crippen MR) is 31.2 cm³/mol. The van der Waals surface area contributed by atoms with Gasteiger partial charge in [-0.1, -0.05) is 0 Å². The molecule has 4 heteroatoms. The average molecular weight is 211 g/mol. The minimum Gasteiger partial charge on any atom is -0.405 e. The normalized spacial score (nSPS) is 8.71. The Balaban J connectivity index is 2.76. The molecule has 0 radical (unpaired) electrons. The van der Waals surface area contributed by atoms with Gasteiger partial charge in [-0.05, 0) is 5.16 Å². The standard InChI is InChI=1S/C3H2INO2/c4-7-3-1-2-6-5-3/h1-2H. The summed E-state index contributed by atoms with van der Waals surface area (Å²) in [5.41, 5.74) is 0. The van der Waals surface area contributed by atoms with Crippen LogP contribution in [0.1, 0.15) is 0 Å². The number of halogens is 1. The molecule has 0 aliphatic rings. The zero-order valence-corrected chi connectivity index (χ0v) is 5.45. The second kappa shape index (κ2) is 2.15. The highest BCUT2D eigenvalue weighted by Crippen LogP contribution is 2.06. The lowest BCUT2D eigenvalue weighted by atomic mass is 10.7. The molecule has 0 saturated heterocycles. The van der Waals surface area contributed by atoms with Gasteiger partial charge >= 0.3 is 0 Å². The molecule has 0 amide bonds. The minimum absolute atomic E-state index is 0.501. The van der Waals surface area contributed by atoms with E-state index < -0.39 is 0 Å². The number of hydrogen-bond donors (Lipinski definition) is 0. The Morgan fingerprint density at radius 1 is 1.86 bits per heavy atom. The van der Waals surface area contributed by atoms with Gasteiger partial charge in [-0.2, -0.15) is 0 Å². The van der Waals surface area contributed by atoms with Crippen molar-refractivity contribution < 1.29 is 7.59 Å². The third-order valence-corrected chi connectivity index (χ3v) is 0.944. The predicted octanol–water partition coefficient (Wildman–Crippen LogP) is 1.40. The molecule has 0 fully saturated rings. The summed E-state index contributed by atoms with van der Waals surface area (Å²) in [6.07, 6.45) is 1.45. The van der Waals surface area contributed by atoms with Crippen LogP contribution in [-0.4, -0.2) is 5.16 Å². The summed E-state index contributed by atoms with van der Waals surface area (Å²) >= 11 is 1.73. The van der Waals surface area contributed by atoms with Gasteiger partial charge in [0.05, 0.1) is 0 Å². The van der Waals surface area contributed by atoms with Crippen LogP contribution in [-0.2, 0) is 0 Å². The van der Waals surface area contributed by atoms with E-state index in [0.717, 1.165) is 0 Å². The fourth-order valence-corrected chi connectivity index (χ4v) is 0.468. The van der Waals surface area contributed by atoms with Crippen LogP contribution in [0.25, 0.3) is 0 Å². The van der Waals surface area contributed by atoms with Gasteiger partial charge in [0, 0.05) is 6.07 Å². The van der Waals surface area contributed by atoms with E-state index in [-0.39, 0.29) is 0 Å². The van der Waals surface area contributed by atoms with Crippen molar-refractivity contribution in [2.24, 2.45) is 0 Å². The van der Waals surface area contributed by atoms with E-state index in [1.165, 1.54) is 6.26 Å². The number of nitrogens with zero attached hydrogens (tertiary/aromatic N) is 1. The molecule has 0 atom stereocenters. The SMILES string of the molecule is IOc1ccon1. The molecule has 0 N–H and O–H groups in total. The first-order chi connectivity index (χ1) is 3.43. The van der Waals surface area contributed by atoms with Crippen molar-refractivity contribution in [3.8, 4) is 5.88 Å². The molecule has 1 rings (SSSR count). The van der Waals surface area contributed by atoms with E-state index in [4.69, 9.17) is 0 Å². The van der Waals surface area contributed by atoms with E-state index >= 15 is 0 Å². The molecule has 0 aliphatic carbocycles. The largest absolute Gasteiger partial charge is 0.405 e. The molecule has 1 aromatic heterocycles. The van der Waals surface area contributed by atoms with Gasteiger partial charge in [0.1, 0.15) is 6.26 Å². The van der Waals surface area contributed by atoms with Crippen LogP contribution in [0.4, 0.5) is 0 Å². The van der Waals surface area contributed by atoms with Gasteiger partial charge in [-0.3, -0.25) is 0 Å². The Morgan fingerprint density at radius 3 is 3.00 bits per heavy atom. The van der Waals surface area contributed by atoms with E-state index in [1.54, 1.807) is 29.1 Å². The van der Waals surface area contributed by atoms with Gasteiger partial charge in [0.25, 0.3) is 5.88 Å². The van der Waals surface area contributed by atoms with Gasteiger partial charge in [-0.25, -0.2) is 0 Å². The summed E-state index contributed by atoms with van der Waals surface area (Å²) in [6, 6.07) is 1.63. The Labute approximate surface area is 54.3 Å². The van der Waals surface area contributed by atoms with Crippen molar-refractivity contribution >= 4 is 23.0 Å². The van der Waals surface area contributed by atoms with Crippen LogP contribution in [0.5, 0.6) is 5.88 Å². The van der Waals surface area contributed by atoms with Crippen molar-refractivity contribution in [3.05, 3.63) is 12.3 Å². The number of hydrogen-bond acceptors (Lipinski definition) is 3. The molecular formula is C3H2INO2. The molecule has 0 aromatic carbocycles. The van der Waals surface area contributed by atoms with Crippen LogP contribution in [0.15, 0.2) is 16.9 Å². The highest BCUT2D eigenvalue weighted by atomic mass is 127. The molecule has 0 bridgehead atoms. The first-order valence-electron chi connectivity index (χ1n) is 1.62. The average Bonchev–Trinajstić information content (AvgIpc) is 2.14. The highest BCUT2D eigenvalue weighted by Gasteiger charge is 1.88. The fourth-order valence-electron chi connectivity index (χ4n) is 0.241. The van der Waals surface area contributed by atoms with E-state index in [1.807, 2.05) is 0 Å². The fraction of sp³-hybridized carbons (Fsp3) is 0. The van der Waals surface area contributed by atoms with Crippen molar-refractivity contribution in [1.82, 2.24) is 5.16 Å². The molecule has 7 heavy (non-hydrogen) atoms. The number of aromatic nitrogens is 1. The first-order valence-corrected chi connectivity index (χ1v) is 2.50. The van der Waals surface area contributed by atoms with Gasteiger partial charge in [0.15, 0.2) is 23.0 Å². The zero-order valence-electron chi connectivity index (χ0n) is 3.30. The van der Waals surface area contributed by atoms with Crippen LogP contribution in [0.2, 0.25) is 0 Å². The van der Waals surface area contributed by atoms with Crippen molar-refractivity contribution in [3.63, 3.8) is 0 Å². The smallest absolute Gasteiger partial charge is 0.264 e. The molecule has 0 spiro atoms. The Hall–Kier alpha value is -0.260. The summed E-state index contributed by atoms with van der Waals surface area (Å²) in [6.45, 7) is 0. The first kappa shape index (κ1) is 4.89. The maximum atomic E-state index is 4.62. The maximum absolute atomic E-state index is 4.62. The van der Waals surface area contributed by atoms with Gasteiger partial charge in [0.2, 0.25) is 0 Å². The third-order valence-electron chi connectivity index (χ3n) is 0.493. The molecule has 1 aromatic rings. The second-order valence-corrected chi connectivity index (χ2v) is 1.36. The number of rotatable bonds is 1.